The summed E-state index contributed by atoms with van der Waals surface area (Å²) in [5.74, 6) is 1.81. The van der Waals surface area contributed by atoms with Crippen molar-refractivity contribution in [3.05, 3.63) is 11.6 Å². The van der Waals surface area contributed by atoms with E-state index in [0.29, 0.717) is 13.1 Å². The Balaban J connectivity index is 2.09. The van der Waals surface area contributed by atoms with Crippen molar-refractivity contribution < 1.29 is 8.42 Å². The van der Waals surface area contributed by atoms with Gasteiger partial charge in [0.25, 0.3) is 0 Å². The molecule has 20 heavy (non-hydrogen) atoms. The number of hydrogen-bond acceptors (Lipinski definition) is 5. The molecular weight excluding hydrogens is 276 g/mol. The second-order valence-electron chi connectivity index (χ2n) is 6.64. The number of rotatable bonds is 2. The van der Waals surface area contributed by atoms with Gasteiger partial charge in [-0.2, -0.15) is 5.10 Å². The van der Waals surface area contributed by atoms with Crippen LogP contribution >= 0.6 is 0 Å². The molecule has 1 fully saturated rings. The zero-order valence-electron chi connectivity index (χ0n) is 12.8. The van der Waals surface area contributed by atoms with Gasteiger partial charge in [-0.05, 0) is 13.8 Å². The van der Waals surface area contributed by atoms with Gasteiger partial charge in [0, 0.05) is 18.0 Å². The second kappa shape index (κ2) is 5.11. The van der Waals surface area contributed by atoms with Crippen molar-refractivity contribution in [2.75, 3.05) is 12.3 Å². The van der Waals surface area contributed by atoms with E-state index in [2.05, 4.69) is 40.9 Å². The van der Waals surface area contributed by atoms with Crippen LogP contribution in [0.2, 0.25) is 0 Å². The van der Waals surface area contributed by atoms with Crippen molar-refractivity contribution in [3.8, 4) is 0 Å². The molecule has 0 bridgehead atoms. The summed E-state index contributed by atoms with van der Waals surface area (Å²) < 4.78 is 23.7. The van der Waals surface area contributed by atoms with E-state index in [0.717, 1.165) is 11.6 Å². The minimum absolute atomic E-state index is 0.00284. The Morgan fingerprint density at radius 1 is 1.35 bits per heavy atom. The van der Waals surface area contributed by atoms with Gasteiger partial charge >= 0.3 is 0 Å². The largest absolute Gasteiger partial charge is 0.291 e. The Bertz CT molecular complexity index is 573. The Labute approximate surface area is 120 Å². The molecular formula is C13H24N4O2S. The molecule has 0 saturated carbocycles. The first kappa shape index (κ1) is 15.4. The molecule has 1 aromatic rings. The van der Waals surface area contributed by atoms with Gasteiger partial charge in [0.15, 0.2) is 15.7 Å². The second-order valence-corrected chi connectivity index (χ2v) is 9.12. The lowest BCUT2D eigenvalue weighted by Gasteiger charge is -2.36. The zero-order chi connectivity index (χ0) is 15.1. The van der Waals surface area contributed by atoms with Gasteiger partial charge in [-0.15, -0.1) is 0 Å². The standard InChI is InChI=1S/C13H24N4O2S/c1-9-10(2)20(18,19)7-6-17(9)8-11-14-12(16-15-11)13(3,4)5/h9-10H,6-8H2,1-5H3,(H,14,15,16). The molecule has 114 valence electrons. The molecule has 0 radical (unpaired) electrons. The minimum Gasteiger partial charge on any atom is -0.291 e. The number of nitrogens with zero attached hydrogens (tertiary/aromatic N) is 3. The molecule has 1 aliphatic rings. The van der Waals surface area contributed by atoms with E-state index < -0.39 is 9.84 Å². The van der Waals surface area contributed by atoms with Crippen LogP contribution in [-0.4, -0.2) is 52.1 Å². The first-order chi connectivity index (χ1) is 9.11. The van der Waals surface area contributed by atoms with Gasteiger partial charge in [0.05, 0.1) is 17.5 Å². The zero-order valence-corrected chi connectivity index (χ0v) is 13.7. The van der Waals surface area contributed by atoms with Crippen molar-refractivity contribution in [1.29, 1.82) is 0 Å². The highest BCUT2D eigenvalue weighted by atomic mass is 32.2. The number of sulfone groups is 1. The van der Waals surface area contributed by atoms with Crippen LogP contribution < -0.4 is 0 Å². The molecule has 1 aliphatic heterocycles. The SMILES string of the molecule is CC1C(C)S(=O)(=O)CCN1Cc1nc(C(C)(C)C)n[nH]1. The molecule has 2 heterocycles. The van der Waals surface area contributed by atoms with Crippen LogP contribution in [0.4, 0.5) is 0 Å². The average molecular weight is 300 g/mol. The highest BCUT2D eigenvalue weighted by molar-refractivity contribution is 7.92. The van der Waals surface area contributed by atoms with Crippen LogP contribution in [0.15, 0.2) is 0 Å². The third-order valence-corrected chi connectivity index (χ3v) is 6.32. The minimum atomic E-state index is -2.94. The number of aromatic amines is 1. The average Bonchev–Trinajstić information content (AvgIpc) is 2.79. The van der Waals surface area contributed by atoms with Crippen LogP contribution in [0.5, 0.6) is 0 Å². The lowest BCUT2D eigenvalue weighted by Crippen LogP contribution is -2.51. The molecule has 2 rings (SSSR count). The molecule has 2 atom stereocenters. The van der Waals surface area contributed by atoms with E-state index in [9.17, 15) is 8.42 Å². The summed E-state index contributed by atoms with van der Waals surface area (Å²) in [7, 11) is -2.94. The number of hydrogen-bond donors (Lipinski definition) is 1. The Morgan fingerprint density at radius 3 is 2.55 bits per heavy atom. The highest BCUT2D eigenvalue weighted by Crippen LogP contribution is 2.22. The van der Waals surface area contributed by atoms with Gasteiger partial charge in [-0.1, -0.05) is 20.8 Å². The third kappa shape index (κ3) is 3.03. The van der Waals surface area contributed by atoms with Crippen LogP contribution in [0.25, 0.3) is 0 Å². The van der Waals surface area contributed by atoms with Crippen molar-refractivity contribution in [2.45, 2.75) is 57.9 Å². The molecule has 1 aromatic heterocycles. The highest BCUT2D eigenvalue weighted by Gasteiger charge is 2.36. The van der Waals surface area contributed by atoms with Crippen molar-refractivity contribution in [1.82, 2.24) is 20.1 Å². The van der Waals surface area contributed by atoms with Crippen molar-refractivity contribution in [3.63, 3.8) is 0 Å². The lowest BCUT2D eigenvalue weighted by molar-refractivity contribution is 0.193. The molecule has 1 saturated heterocycles. The maximum atomic E-state index is 11.9. The molecule has 0 aliphatic carbocycles. The first-order valence-electron chi connectivity index (χ1n) is 6.98. The van der Waals surface area contributed by atoms with Crippen LogP contribution in [0.3, 0.4) is 0 Å². The summed E-state index contributed by atoms with van der Waals surface area (Å²) in [6.45, 7) is 11.1. The van der Waals surface area contributed by atoms with E-state index in [-0.39, 0.29) is 22.5 Å². The Kier molecular flexibility index (Phi) is 3.94. The Hall–Kier alpha value is -0.950. The van der Waals surface area contributed by atoms with E-state index >= 15 is 0 Å². The fourth-order valence-electron chi connectivity index (χ4n) is 2.35. The van der Waals surface area contributed by atoms with E-state index in [1.54, 1.807) is 6.92 Å². The fourth-order valence-corrected chi connectivity index (χ4v) is 3.98. The summed E-state index contributed by atoms with van der Waals surface area (Å²) in [4.78, 5) is 6.67. The maximum Gasteiger partial charge on any atom is 0.156 e. The monoisotopic (exact) mass is 300 g/mol. The first-order valence-corrected chi connectivity index (χ1v) is 8.70. The molecule has 1 N–H and O–H groups in total. The van der Waals surface area contributed by atoms with Gasteiger partial charge in [0.2, 0.25) is 0 Å². The van der Waals surface area contributed by atoms with E-state index in [1.807, 2.05) is 6.92 Å². The van der Waals surface area contributed by atoms with Gasteiger partial charge in [-0.3, -0.25) is 10.00 Å². The molecule has 0 amide bonds. The molecule has 0 spiro atoms. The predicted molar refractivity (Wildman–Crippen MR) is 78.2 cm³/mol. The van der Waals surface area contributed by atoms with Crippen LogP contribution in [-0.2, 0) is 21.8 Å². The summed E-state index contributed by atoms with van der Waals surface area (Å²) in [6.07, 6.45) is 0. The van der Waals surface area contributed by atoms with Gasteiger partial charge < -0.3 is 0 Å². The normalized spacial score (nSPS) is 27.6. The number of nitrogens with one attached hydrogen (secondary N) is 1. The molecule has 2 unspecified atom stereocenters. The van der Waals surface area contributed by atoms with E-state index in [1.165, 1.54) is 0 Å². The van der Waals surface area contributed by atoms with Crippen molar-refractivity contribution >= 4 is 9.84 Å². The smallest absolute Gasteiger partial charge is 0.156 e. The third-order valence-electron chi connectivity index (χ3n) is 4.04. The fraction of sp³-hybridized carbons (Fsp3) is 0.846. The predicted octanol–water partition coefficient (Wildman–Crippen LogP) is 1.11. The number of aromatic nitrogens is 3. The van der Waals surface area contributed by atoms with Gasteiger partial charge in [-0.25, -0.2) is 13.4 Å². The van der Waals surface area contributed by atoms with Crippen molar-refractivity contribution in [2.24, 2.45) is 0 Å². The molecule has 6 nitrogen and oxygen atoms in total. The Morgan fingerprint density at radius 2 is 2.00 bits per heavy atom. The summed E-state index contributed by atoms with van der Waals surface area (Å²) >= 11 is 0. The topological polar surface area (TPSA) is 79.0 Å². The molecule has 0 aromatic carbocycles. The van der Waals surface area contributed by atoms with Crippen LogP contribution in [0.1, 0.15) is 46.3 Å². The lowest BCUT2D eigenvalue weighted by atomic mass is 9.96. The van der Waals surface area contributed by atoms with Gasteiger partial charge in [0.1, 0.15) is 5.82 Å². The summed E-state index contributed by atoms with van der Waals surface area (Å²) in [6, 6.07) is -0.00284. The number of H-pyrrole nitrogens is 1. The van der Waals surface area contributed by atoms with E-state index in [4.69, 9.17) is 0 Å². The quantitative estimate of drug-likeness (QED) is 0.885. The maximum absolute atomic E-state index is 11.9. The van der Waals surface area contributed by atoms with Crippen LogP contribution in [0, 0.1) is 0 Å². The molecule has 7 heteroatoms. The summed E-state index contributed by atoms with van der Waals surface area (Å²) in [5.41, 5.74) is -0.0844. The summed E-state index contributed by atoms with van der Waals surface area (Å²) in [5, 5.41) is 6.88.